The van der Waals surface area contributed by atoms with E-state index in [9.17, 15) is 9.59 Å². The SMILES string of the molecule is CC(NC(=O)c1ccc(Br)cc1)C(=O)NC1CCCN(Cc2ccccc2)C1. The highest BCUT2D eigenvalue weighted by atomic mass is 79.9. The zero-order chi connectivity index (χ0) is 19.9. The van der Waals surface area contributed by atoms with Gasteiger partial charge >= 0.3 is 0 Å². The van der Waals surface area contributed by atoms with E-state index in [-0.39, 0.29) is 17.9 Å². The lowest BCUT2D eigenvalue weighted by Crippen LogP contribution is -2.52. The fourth-order valence-corrected chi connectivity index (χ4v) is 3.70. The van der Waals surface area contributed by atoms with Crippen molar-refractivity contribution in [1.29, 1.82) is 0 Å². The van der Waals surface area contributed by atoms with E-state index in [1.54, 1.807) is 19.1 Å². The van der Waals surface area contributed by atoms with Crippen molar-refractivity contribution in [2.75, 3.05) is 13.1 Å². The van der Waals surface area contributed by atoms with Crippen LogP contribution in [0, 0.1) is 0 Å². The van der Waals surface area contributed by atoms with Crippen LogP contribution in [-0.4, -0.2) is 41.9 Å². The van der Waals surface area contributed by atoms with Gasteiger partial charge in [0.15, 0.2) is 0 Å². The number of benzene rings is 2. The van der Waals surface area contributed by atoms with Gasteiger partial charge in [-0.1, -0.05) is 46.3 Å². The molecule has 0 spiro atoms. The van der Waals surface area contributed by atoms with Gasteiger partial charge in [-0.05, 0) is 56.1 Å². The van der Waals surface area contributed by atoms with Crippen molar-refractivity contribution in [2.24, 2.45) is 0 Å². The van der Waals surface area contributed by atoms with Crippen molar-refractivity contribution in [3.8, 4) is 0 Å². The van der Waals surface area contributed by atoms with Gasteiger partial charge in [0.25, 0.3) is 5.91 Å². The van der Waals surface area contributed by atoms with E-state index < -0.39 is 6.04 Å². The quantitative estimate of drug-likeness (QED) is 0.719. The Labute approximate surface area is 174 Å². The molecular formula is C22H26BrN3O2. The lowest BCUT2D eigenvalue weighted by molar-refractivity contribution is -0.123. The Morgan fingerprint density at radius 1 is 1.14 bits per heavy atom. The average Bonchev–Trinajstić information content (AvgIpc) is 2.69. The van der Waals surface area contributed by atoms with E-state index in [0.29, 0.717) is 5.56 Å². The van der Waals surface area contributed by atoms with Crippen LogP contribution in [-0.2, 0) is 11.3 Å². The van der Waals surface area contributed by atoms with Crippen LogP contribution in [0.1, 0.15) is 35.7 Å². The van der Waals surface area contributed by atoms with Crippen molar-refractivity contribution in [3.63, 3.8) is 0 Å². The first-order valence-corrected chi connectivity index (χ1v) is 10.4. The molecule has 2 aromatic carbocycles. The largest absolute Gasteiger partial charge is 0.350 e. The molecule has 3 rings (SSSR count). The molecular weight excluding hydrogens is 418 g/mol. The lowest BCUT2D eigenvalue weighted by Gasteiger charge is -2.33. The normalized spacial score (nSPS) is 18.3. The Kier molecular flexibility index (Phi) is 7.23. The summed E-state index contributed by atoms with van der Waals surface area (Å²) in [7, 11) is 0. The topological polar surface area (TPSA) is 61.4 Å². The van der Waals surface area contributed by atoms with Crippen LogP contribution in [0.3, 0.4) is 0 Å². The van der Waals surface area contributed by atoms with Crippen LogP contribution in [0.15, 0.2) is 59.1 Å². The van der Waals surface area contributed by atoms with Gasteiger partial charge in [0, 0.05) is 29.2 Å². The predicted molar refractivity (Wildman–Crippen MR) is 114 cm³/mol. The molecule has 5 nitrogen and oxygen atoms in total. The summed E-state index contributed by atoms with van der Waals surface area (Å²) in [5, 5.41) is 5.87. The highest BCUT2D eigenvalue weighted by Crippen LogP contribution is 2.14. The summed E-state index contributed by atoms with van der Waals surface area (Å²) in [5.41, 5.74) is 1.82. The molecule has 0 radical (unpaired) electrons. The van der Waals surface area contributed by atoms with Gasteiger partial charge in [-0.3, -0.25) is 14.5 Å². The van der Waals surface area contributed by atoms with Crippen LogP contribution in [0.25, 0.3) is 0 Å². The average molecular weight is 444 g/mol. The van der Waals surface area contributed by atoms with Crippen molar-refractivity contribution in [2.45, 2.75) is 38.4 Å². The lowest BCUT2D eigenvalue weighted by atomic mass is 10.0. The van der Waals surface area contributed by atoms with Crippen molar-refractivity contribution < 1.29 is 9.59 Å². The Bertz CT molecular complexity index is 795. The van der Waals surface area contributed by atoms with Crippen LogP contribution < -0.4 is 10.6 Å². The van der Waals surface area contributed by atoms with Crippen LogP contribution in [0.4, 0.5) is 0 Å². The third-order valence-electron chi connectivity index (χ3n) is 4.95. The standard InChI is InChI=1S/C22H26BrN3O2/c1-16(24-22(28)18-9-11-19(23)12-10-18)21(27)25-20-8-5-13-26(15-20)14-17-6-3-2-4-7-17/h2-4,6-7,9-12,16,20H,5,8,13-15H2,1H3,(H,24,28)(H,25,27). The van der Waals surface area contributed by atoms with Gasteiger partial charge in [-0.2, -0.15) is 0 Å². The number of likely N-dealkylation sites (tertiary alicyclic amines) is 1. The van der Waals surface area contributed by atoms with Gasteiger partial charge in [-0.15, -0.1) is 0 Å². The second-order valence-electron chi connectivity index (χ2n) is 7.27. The molecule has 28 heavy (non-hydrogen) atoms. The molecule has 1 aliphatic rings. The summed E-state index contributed by atoms with van der Waals surface area (Å²) in [6, 6.07) is 17.0. The fraction of sp³-hybridized carbons (Fsp3) is 0.364. The number of nitrogens with zero attached hydrogens (tertiary/aromatic N) is 1. The van der Waals surface area contributed by atoms with E-state index >= 15 is 0 Å². The third kappa shape index (κ3) is 5.91. The number of hydrogen-bond acceptors (Lipinski definition) is 3. The Hall–Kier alpha value is -2.18. The molecule has 2 atom stereocenters. The summed E-state index contributed by atoms with van der Waals surface area (Å²) in [5.74, 6) is -0.387. The molecule has 148 valence electrons. The second kappa shape index (κ2) is 9.85. The second-order valence-corrected chi connectivity index (χ2v) is 8.19. The Morgan fingerprint density at radius 2 is 1.86 bits per heavy atom. The first-order valence-electron chi connectivity index (χ1n) is 9.64. The van der Waals surface area contributed by atoms with Crippen LogP contribution in [0.5, 0.6) is 0 Å². The van der Waals surface area contributed by atoms with Gasteiger partial charge in [0.05, 0.1) is 0 Å². The Morgan fingerprint density at radius 3 is 2.57 bits per heavy atom. The van der Waals surface area contributed by atoms with E-state index in [4.69, 9.17) is 0 Å². The van der Waals surface area contributed by atoms with E-state index in [2.05, 4.69) is 43.6 Å². The van der Waals surface area contributed by atoms with E-state index in [1.165, 1.54) is 5.56 Å². The van der Waals surface area contributed by atoms with E-state index in [1.807, 2.05) is 30.3 Å². The minimum Gasteiger partial charge on any atom is -0.350 e. The van der Waals surface area contributed by atoms with Crippen molar-refractivity contribution in [3.05, 3.63) is 70.2 Å². The number of carbonyl (C=O) groups is 2. The number of nitrogens with one attached hydrogen (secondary N) is 2. The molecule has 6 heteroatoms. The van der Waals surface area contributed by atoms with Gasteiger partial charge in [-0.25, -0.2) is 0 Å². The van der Waals surface area contributed by atoms with E-state index in [0.717, 1.165) is 36.9 Å². The highest BCUT2D eigenvalue weighted by Gasteiger charge is 2.24. The summed E-state index contributed by atoms with van der Waals surface area (Å²) < 4.78 is 0.909. The maximum Gasteiger partial charge on any atom is 0.251 e. The maximum atomic E-state index is 12.5. The number of piperidine rings is 1. The minimum absolute atomic E-state index is 0.108. The molecule has 0 bridgehead atoms. The number of halogens is 1. The van der Waals surface area contributed by atoms with Gasteiger partial charge in [0.1, 0.15) is 6.04 Å². The summed E-state index contributed by atoms with van der Waals surface area (Å²) in [6.45, 7) is 4.48. The fourth-order valence-electron chi connectivity index (χ4n) is 3.43. The van der Waals surface area contributed by atoms with Crippen molar-refractivity contribution >= 4 is 27.7 Å². The molecule has 1 saturated heterocycles. The molecule has 1 aliphatic heterocycles. The molecule has 2 amide bonds. The molecule has 2 N–H and O–H groups in total. The Balaban J connectivity index is 1.49. The summed E-state index contributed by atoms with van der Waals surface area (Å²) in [4.78, 5) is 27.2. The molecule has 0 saturated carbocycles. The summed E-state index contributed by atoms with van der Waals surface area (Å²) in [6.07, 6.45) is 2.02. The monoisotopic (exact) mass is 443 g/mol. The number of rotatable bonds is 6. The van der Waals surface area contributed by atoms with Crippen LogP contribution in [0.2, 0.25) is 0 Å². The molecule has 1 heterocycles. The first-order chi connectivity index (χ1) is 13.5. The van der Waals surface area contributed by atoms with Gasteiger partial charge in [0.2, 0.25) is 5.91 Å². The molecule has 2 unspecified atom stereocenters. The maximum absolute atomic E-state index is 12.5. The first kappa shape index (κ1) is 20.6. The molecule has 0 aliphatic carbocycles. The summed E-state index contributed by atoms with van der Waals surface area (Å²) >= 11 is 3.35. The predicted octanol–water partition coefficient (Wildman–Crippen LogP) is 3.35. The minimum atomic E-state index is -0.583. The number of carbonyl (C=O) groups excluding carboxylic acids is 2. The highest BCUT2D eigenvalue weighted by molar-refractivity contribution is 9.10. The number of amides is 2. The van der Waals surface area contributed by atoms with Crippen LogP contribution >= 0.6 is 15.9 Å². The molecule has 2 aromatic rings. The number of hydrogen-bond donors (Lipinski definition) is 2. The molecule has 0 aromatic heterocycles. The zero-order valence-electron chi connectivity index (χ0n) is 16.0. The third-order valence-corrected chi connectivity index (χ3v) is 5.48. The smallest absolute Gasteiger partial charge is 0.251 e. The zero-order valence-corrected chi connectivity index (χ0v) is 17.6. The van der Waals surface area contributed by atoms with Gasteiger partial charge < -0.3 is 10.6 Å². The van der Waals surface area contributed by atoms with Crippen molar-refractivity contribution in [1.82, 2.24) is 15.5 Å². The molecule has 1 fully saturated rings.